The zero-order valence-corrected chi connectivity index (χ0v) is 18.9. The lowest BCUT2D eigenvalue weighted by molar-refractivity contribution is 0.0528. The first kappa shape index (κ1) is 21.9. The smallest absolute Gasteiger partial charge is 0.254 e. The summed E-state index contributed by atoms with van der Waals surface area (Å²) in [6.07, 6.45) is 7.68. The Morgan fingerprint density at radius 2 is 1.81 bits per heavy atom. The van der Waals surface area contributed by atoms with Crippen LogP contribution in [-0.4, -0.2) is 45.8 Å². The average molecular weight is 435 g/mol. The maximum absolute atomic E-state index is 13.7. The topological polar surface area (TPSA) is 69.5 Å². The molecule has 2 aromatic carbocycles. The summed E-state index contributed by atoms with van der Waals surface area (Å²) in [6, 6.07) is 13.6. The summed E-state index contributed by atoms with van der Waals surface area (Å²) in [5.41, 5.74) is 2.57. The van der Waals surface area contributed by atoms with Crippen molar-refractivity contribution in [2.75, 3.05) is 14.2 Å². The molecule has 1 amide bonds. The van der Waals surface area contributed by atoms with Crippen molar-refractivity contribution in [3.05, 3.63) is 66.2 Å². The lowest BCUT2D eigenvalue weighted by Gasteiger charge is -2.39. The number of methoxy groups -OCH3 is 2. The van der Waals surface area contributed by atoms with Crippen LogP contribution in [0.3, 0.4) is 0 Å². The van der Waals surface area contributed by atoms with Crippen LogP contribution in [0.5, 0.6) is 11.5 Å². The van der Waals surface area contributed by atoms with Gasteiger partial charge in [0, 0.05) is 18.2 Å². The van der Waals surface area contributed by atoms with E-state index < -0.39 is 0 Å². The Bertz CT molecular complexity index is 1030. The van der Waals surface area contributed by atoms with Crippen LogP contribution in [0.4, 0.5) is 0 Å². The van der Waals surface area contributed by atoms with Gasteiger partial charge in [0.25, 0.3) is 5.91 Å². The Balaban J connectivity index is 1.62. The molecular weight excluding hydrogens is 404 g/mol. The minimum Gasteiger partial charge on any atom is -0.493 e. The molecule has 7 nitrogen and oxygen atoms in total. The van der Waals surface area contributed by atoms with Crippen molar-refractivity contribution in [2.45, 2.75) is 45.2 Å². The molecule has 1 aliphatic rings. The maximum Gasteiger partial charge on any atom is 0.254 e. The molecule has 0 spiro atoms. The van der Waals surface area contributed by atoms with E-state index in [1.165, 1.54) is 12.7 Å². The molecule has 1 aromatic heterocycles. The molecule has 1 aliphatic carbocycles. The normalized spacial score (nSPS) is 18.2. The molecule has 2 atom stereocenters. The summed E-state index contributed by atoms with van der Waals surface area (Å²) in [7, 11) is 3.25. The van der Waals surface area contributed by atoms with Crippen LogP contribution in [-0.2, 0) is 6.54 Å². The number of ether oxygens (including phenoxy) is 2. The van der Waals surface area contributed by atoms with Gasteiger partial charge in [-0.15, -0.1) is 0 Å². The van der Waals surface area contributed by atoms with Gasteiger partial charge in [-0.05, 0) is 60.7 Å². The molecule has 0 aliphatic heterocycles. The number of carbonyl (C=O) groups is 1. The molecule has 0 saturated heterocycles. The van der Waals surface area contributed by atoms with Gasteiger partial charge >= 0.3 is 0 Å². The molecular formula is C25H30N4O3. The minimum atomic E-state index is 0.0451. The number of carbonyl (C=O) groups excluding carboxylic acids is 1. The summed E-state index contributed by atoms with van der Waals surface area (Å²) < 4.78 is 12.5. The van der Waals surface area contributed by atoms with Crippen LogP contribution in [0, 0.1) is 5.92 Å². The van der Waals surface area contributed by atoms with E-state index in [4.69, 9.17) is 9.47 Å². The van der Waals surface area contributed by atoms with Gasteiger partial charge in [0.2, 0.25) is 0 Å². The first-order valence-corrected chi connectivity index (χ1v) is 11.1. The third kappa shape index (κ3) is 4.61. The Labute approximate surface area is 189 Å². The Morgan fingerprint density at radius 3 is 2.47 bits per heavy atom. The minimum absolute atomic E-state index is 0.0451. The standard InChI is InChI=1S/C25H30N4O3/c1-18-6-4-5-7-22(18)28(15-19-8-13-23(31-2)24(14-19)32-3)25(30)20-9-11-21(12-10-20)29-17-26-16-27-29/h8-14,16-18,22H,4-7,15H2,1-3H3. The quantitative estimate of drug-likeness (QED) is 0.547. The number of hydrogen-bond acceptors (Lipinski definition) is 5. The van der Waals surface area contributed by atoms with Crippen molar-refractivity contribution in [1.29, 1.82) is 0 Å². The lowest BCUT2D eigenvalue weighted by atomic mass is 9.84. The van der Waals surface area contributed by atoms with Gasteiger partial charge in [0.15, 0.2) is 11.5 Å². The van der Waals surface area contributed by atoms with Gasteiger partial charge in [0.1, 0.15) is 12.7 Å². The van der Waals surface area contributed by atoms with Gasteiger partial charge in [-0.3, -0.25) is 4.79 Å². The monoisotopic (exact) mass is 434 g/mol. The molecule has 0 radical (unpaired) electrons. The molecule has 7 heteroatoms. The molecule has 168 valence electrons. The predicted octanol–water partition coefficient (Wildman–Crippen LogP) is 4.51. The van der Waals surface area contributed by atoms with Crippen molar-refractivity contribution in [3.63, 3.8) is 0 Å². The molecule has 1 fully saturated rings. The molecule has 1 saturated carbocycles. The molecule has 0 bridgehead atoms. The number of aromatic nitrogens is 3. The van der Waals surface area contributed by atoms with E-state index in [-0.39, 0.29) is 11.9 Å². The van der Waals surface area contributed by atoms with E-state index in [9.17, 15) is 4.79 Å². The highest BCUT2D eigenvalue weighted by Crippen LogP contribution is 2.32. The SMILES string of the molecule is COc1ccc(CN(C(=O)c2ccc(-n3cncn3)cc2)C2CCCCC2C)cc1OC. The zero-order valence-electron chi connectivity index (χ0n) is 18.9. The second-order valence-electron chi connectivity index (χ2n) is 8.34. The fraction of sp³-hybridized carbons (Fsp3) is 0.400. The highest BCUT2D eigenvalue weighted by molar-refractivity contribution is 5.94. The van der Waals surface area contributed by atoms with Crippen molar-refractivity contribution < 1.29 is 14.3 Å². The van der Waals surface area contributed by atoms with Gasteiger partial charge in [-0.25, -0.2) is 9.67 Å². The summed E-state index contributed by atoms with van der Waals surface area (Å²) in [5, 5.41) is 4.15. The molecule has 2 unspecified atom stereocenters. The van der Waals surface area contributed by atoms with Crippen molar-refractivity contribution in [1.82, 2.24) is 19.7 Å². The average Bonchev–Trinajstić information content (AvgIpc) is 3.38. The maximum atomic E-state index is 13.7. The van der Waals surface area contributed by atoms with E-state index in [2.05, 4.69) is 17.0 Å². The van der Waals surface area contributed by atoms with Crippen molar-refractivity contribution in [2.24, 2.45) is 5.92 Å². The van der Waals surface area contributed by atoms with E-state index in [1.54, 1.807) is 25.2 Å². The molecule has 4 rings (SSSR count). The molecule has 0 N–H and O–H groups in total. The van der Waals surface area contributed by atoms with E-state index in [1.807, 2.05) is 47.4 Å². The highest BCUT2D eigenvalue weighted by Gasteiger charge is 2.31. The van der Waals surface area contributed by atoms with E-state index in [0.29, 0.717) is 29.5 Å². The lowest BCUT2D eigenvalue weighted by Crippen LogP contribution is -2.44. The van der Waals surface area contributed by atoms with E-state index >= 15 is 0 Å². The first-order chi connectivity index (χ1) is 15.6. The zero-order chi connectivity index (χ0) is 22.5. The van der Waals surface area contributed by atoms with Crippen LogP contribution in [0.1, 0.15) is 48.5 Å². The van der Waals surface area contributed by atoms with Crippen LogP contribution < -0.4 is 9.47 Å². The Kier molecular flexibility index (Phi) is 6.73. The summed E-state index contributed by atoms with van der Waals surface area (Å²) in [6.45, 7) is 2.78. The Morgan fingerprint density at radius 1 is 1.06 bits per heavy atom. The molecule has 3 aromatic rings. The fourth-order valence-corrected chi connectivity index (χ4v) is 4.54. The van der Waals surface area contributed by atoms with E-state index in [0.717, 1.165) is 30.5 Å². The van der Waals surface area contributed by atoms with Crippen LogP contribution in [0.15, 0.2) is 55.1 Å². The van der Waals surface area contributed by atoms with Gasteiger partial charge in [0.05, 0.1) is 19.9 Å². The van der Waals surface area contributed by atoms with Crippen LogP contribution in [0.2, 0.25) is 0 Å². The third-order valence-corrected chi connectivity index (χ3v) is 6.33. The van der Waals surface area contributed by atoms with Gasteiger partial charge in [-0.1, -0.05) is 25.8 Å². The number of hydrogen-bond donors (Lipinski definition) is 0. The number of benzene rings is 2. The second kappa shape index (κ2) is 9.85. The summed E-state index contributed by atoms with van der Waals surface area (Å²) >= 11 is 0. The van der Waals surface area contributed by atoms with Crippen LogP contribution >= 0.6 is 0 Å². The van der Waals surface area contributed by atoms with Crippen molar-refractivity contribution >= 4 is 5.91 Å². The number of nitrogens with zero attached hydrogens (tertiary/aromatic N) is 4. The summed E-state index contributed by atoms with van der Waals surface area (Å²) in [5.74, 6) is 1.86. The van der Waals surface area contributed by atoms with Gasteiger partial charge in [-0.2, -0.15) is 5.10 Å². The fourth-order valence-electron chi connectivity index (χ4n) is 4.54. The Hall–Kier alpha value is -3.35. The summed E-state index contributed by atoms with van der Waals surface area (Å²) in [4.78, 5) is 19.7. The number of rotatable bonds is 7. The predicted molar refractivity (Wildman–Crippen MR) is 122 cm³/mol. The highest BCUT2D eigenvalue weighted by atomic mass is 16.5. The van der Waals surface area contributed by atoms with Crippen LogP contribution in [0.25, 0.3) is 5.69 Å². The number of amides is 1. The van der Waals surface area contributed by atoms with Crippen molar-refractivity contribution in [3.8, 4) is 17.2 Å². The molecule has 32 heavy (non-hydrogen) atoms. The first-order valence-electron chi connectivity index (χ1n) is 11.1. The van der Waals surface area contributed by atoms with Gasteiger partial charge < -0.3 is 14.4 Å². The second-order valence-corrected chi connectivity index (χ2v) is 8.34. The molecule has 1 heterocycles. The largest absolute Gasteiger partial charge is 0.493 e. The third-order valence-electron chi connectivity index (χ3n) is 6.33.